The fourth-order valence-electron chi connectivity index (χ4n) is 1.46. The summed E-state index contributed by atoms with van der Waals surface area (Å²) in [4.78, 5) is 22.6. The molecule has 0 bridgehead atoms. The highest BCUT2D eigenvalue weighted by Crippen LogP contribution is 2.17. The van der Waals surface area contributed by atoms with E-state index in [0.29, 0.717) is 22.6 Å². The van der Waals surface area contributed by atoms with E-state index < -0.39 is 0 Å². The van der Waals surface area contributed by atoms with E-state index in [0.717, 1.165) is 18.5 Å². The zero-order chi connectivity index (χ0) is 13.0. The van der Waals surface area contributed by atoms with E-state index in [4.69, 9.17) is 4.52 Å². The van der Waals surface area contributed by atoms with Crippen molar-refractivity contribution in [1.29, 1.82) is 0 Å². The van der Waals surface area contributed by atoms with Gasteiger partial charge in [-0.05, 0) is 13.3 Å². The Morgan fingerprint density at radius 1 is 1.44 bits per heavy atom. The average Bonchev–Trinajstić information content (AvgIpc) is 2.72. The molecule has 0 amide bonds. The fourth-order valence-corrected chi connectivity index (χ4v) is 2.20. The third kappa shape index (κ3) is 3.43. The molecule has 2 aromatic rings. The summed E-state index contributed by atoms with van der Waals surface area (Å²) in [6.07, 6.45) is 1.76. The van der Waals surface area contributed by atoms with E-state index >= 15 is 0 Å². The smallest absolute Gasteiger partial charge is 0.251 e. The SMILES string of the molecule is CCCc1cc(=O)[nH]c(SCc2nc(C)no2)n1. The van der Waals surface area contributed by atoms with Gasteiger partial charge in [-0.3, -0.25) is 4.79 Å². The molecule has 6 nitrogen and oxygen atoms in total. The molecule has 0 spiro atoms. The number of aromatic nitrogens is 4. The van der Waals surface area contributed by atoms with Crippen LogP contribution in [0, 0.1) is 6.92 Å². The molecule has 7 heteroatoms. The molecule has 0 aliphatic carbocycles. The predicted octanol–water partition coefficient (Wildman–Crippen LogP) is 1.71. The van der Waals surface area contributed by atoms with Gasteiger partial charge in [0.1, 0.15) is 0 Å². The summed E-state index contributed by atoms with van der Waals surface area (Å²) in [6, 6.07) is 1.53. The summed E-state index contributed by atoms with van der Waals surface area (Å²) < 4.78 is 4.99. The van der Waals surface area contributed by atoms with Crippen molar-refractivity contribution in [2.24, 2.45) is 0 Å². The first-order valence-electron chi connectivity index (χ1n) is 5.69. The summed E-state index contributed by atoms with van der Waals surface area (Å²) in [7, 11) is 0. The number of nitrogens with zero attached hydrogens (tertiary/aromatic N) is 3. The van der Waals surface area contributed by atoms with Crippen LogP contribution in [0.25, 0.3) is 0 Å². The number of H-pyrrole nitrogens is 1. The molecule has 0 aliphatic rings. The van der Waals surface area contributed by atoms with Gasteiger partial charge in [0.15, 0.2) is 11.0 Å². The standard InChI is InChI=1S/C11H14N4O2S/c1-3-4-8-5-9(16)14-11(13-8)18-6-10-12-7(2)15-17-10/h5H,3-4,6H2,1-2H3,(H,13,14,16). The number of aromatic amines is 1. The molecule has 0 fully saturated rings. The number of thioether (sulfide) groups is 1. The Kier molecular flexibility index (Phi) is 4.14. The van der Waals surface area contributed by atoms with Crippen molar-refractivity contribution in [2.75, 3.05) is 0 Å². The van der Waals surface area contributed by atoms with E-state index in [1.165, 1.54) is 17.8 Å². The van der Waals surface area contributed by atoms with Crippen molar-refractivity contribution in [3.63, 3.8) is 0 Å². The number of nitrogens with one attached hydrogen (secondary N) is 1. The van der Waals surface area contributed by atoms with Crippen LogP contribution in [-0.2, 0) is 12.2 Å². The minimum absolute atomic E-state index is 0.127. The molecular formula is C11H14N4O2S. The summed E-state index contributed by atoms with van der Waals surface area (Å²) in [6.45, 7) is 3.82. The summed E-state index contributed by atoms with van der Waals surface area (Å²) in [5, 5.41) is 4.29. The van der Waals surface area contributed by atoms with E-state index in [9.17, 15) is 4.79 Å². The van der Waals surface area contributed by atoms with Gasteiger partial charge in [0, 0.05) is 11.8 Å². The third-order valence-electron chi connectivity index (χ3n) is 2.18. The third-order valence-corrected chi connectivity index (χ3v) is 3.04. The number of hydrogen-bond acceptors (Lipinski definition) is 6. The summed E-state index contributed by atoms with van der Waals surface area (Å²) in [5.74, 6) is 1.63. The molecule has 18 heavy (non-hydrogen) atoms. The molecule has 0 atom stereocenters. The highest BCUT2D eigenvalue weighted by atomic mass is 32.2. The number of hydrogen-bond donors (Lipinski definition) is 1. The van der Waals surface area contributed by atoms with E-state index in [1.54, 1.807) is 6.92 Å². The van der Waals surface area contributed by atoms with Crippen LogP contribution in [0.15, 0.2) is 20.5 Å². The topological polar surface area (TPSA) is 84.7 Å². The van der Waals surface area contributed by atoms with Gasteiger partial charge >= 0.3 is 0 Å². The second-order valence-corrected chi connectivity index (χ2v) is 4.78. The van der Waals surface area contributed by atoms with Gasteiger partial charge in [-0.1, -0.05) is 30.3 Å². The van der Waals surface area contributed by atoms with Gasteiger partial charge in [0.25, 0.3) is 5.56 Å². The van der Waals surface area contributed by atoms with Gasteiger partial charge in [0.2, 0.25) is 5.89 Å². The first-order chi connectivity index (χ1) is 8.67. The highest BCUT2D eigenvalue weighted by molar-refractivity contribution is 7.98. The zero-order valence-corrected chi connectivity index (χ0v) is 11.1. The van der Waals surface area contributed by atoms with Gasteiger partial charge in [-0.25, -0.2) is 4.98 Å². The lowest BCUT2D eigenvalue weighted by molar-refractivity contribution is 0.387. The Balaban J connectivity index is 2.06. The Morgan fingerprint density at radius 3 is 2.94 bits per heavy atom. The lowest BCUT2D eigenvalue weighted by Crippen LogP contribution is -2.09. The van der Waals surface area contributed by atoms with E-state index in [1.807, 2.05) is 0 Å². The van der Waals surface area contributed by atoms with E-state index in [-0.39, 0.29) is 5.56 Å². The lowest BCUT2D eigenvalue weighted by atomic mass is 10.2. The predicted molar refractivity (Wildman–Crippen MR) is 67.4 cm³/mol. The Morgan fingerprint density at radius 2 is 2.28 bits per heavy atom. The summed E-state index contributed by atoms with van der Waals surface area (Å²) >= 11 is 1.38. The Bertz CT molecular complexity index is 578. The largest absolute Gasteiger partial charge is 0.338 e. The fraction of sp³-hybridized carbons (Fsp3) is 0.455. The van der Waals surface area contributed by atoms with Crippen molar-refractivity contribution < 1.29 is 4.52 Å². The van der Waals surface area contributed by atoms with Crippen molar-refractivity contribution >= 4 is 11.8 Å². The maximum Gasteiger partial charge on any atom is 0.251 e. The van der Waals surface area contributed by atoms with Crippen LogP contribution in [0.4, 0.5) is 0 Å². The molecule has 2 aromatic heterocycles. The van der Waals surface area contributed by atoms with Crippen LogP contribution < -0.4 is 5.56 Å². The van der Waals surface area contributed by atoms with Crippen molar-refractivity contribution in [3.05, 3.63) is 33.8 Å². The molecule has 0 saturated heterocycles. The highest BCUT2D eigenvalue weighted by Gasteiger charge is 2.06. The van der Waals surface area contributed by atoms with Crippen molar-refractivity contribution in [1.82, 2.24) is 20.1 Å². The molecule has 0 unspecified atom stereocenters. The maximum atomic E-state index is 11.4. The second kappa shape index (κ2) is 5.81. The van der Waals surface area contributed by atoms with Gasteiger partial charge < -0.3 is 9.51 Å². The van der Waals surface area contributed by atoms with Crippen LogP contribution in [0.2, 0.25) is 0 Å². The maximum absolute atomic E-state index is 11.4. The Labute approximate surface area is 108 Å². The van der Waals surface area contributed by atoms with Crippen molar-refractivity contribution in [3.8, 4) is 0 Å². The first-order valence-corrected chi connectivity index (χ1v) is 6.68. The van der Waals surface area contributed by atoms with Gasteiger partial charge in [0.05, 0.1) is 5.75 Å². The van der Waals surface area contributed by atoms with Crippen LogP contribution >= 0.6 is 11.8 Å². The Hall–Kier alpha value is -1.63. The van der Waals surface area contributed by atoms with Crippen LogP contribution in [0.5, 0.6) is 0 Å². The normalized spacial score (nSPS) is 10.8. The van der Waals surface area contributed by atoms with Gasteiger partial charge in [-0.2, -0.15) is 4.98 Å². The van der Waals surface area contributed by atoms with Crippen LogP contribution in [-0.4, -0.2) is 20.1 Å². The molecule has 1 N–H and O–H groups in total. The van der Waals surface area contributed by atoms with Crippen LogP contribution in [0.3, 0.4) is 0 Å². The zero-order valence-electron chi connectivity index (χ0n) is 10.3. The second-order valence-electron chi connectivity index (χ2n) is 3.82. The molecule has 0 aromatic carbocycles. The van der Waals surface area contributed by atoms with Crippen LogP contribution in [0.1, 0.15) is 30.8 Å². The monoisotopic (exact) mass is 266 g/mol. The molecule has 0 aliphatic heterocycles. The number of aryl methyl sites for hydroxylation is 2. The first kappa shape index (κ1) is 12.8. The van der Waals surface area contributed by atoms with E-state index in [2.05, 4.69) is 27.0 Å². The summed E-state index contributed by atoms with van der Waals surface area (Å²) in [5.41, 5.74) is 0.683. The lowest BCUT2D eigenvalue weighted by Gasteiger charge is -2.01. The minimum Gasteiger partial charge on any atom is -0.338 e. The molecule has 96 valence electrons. The molecule has 2 heterocycles. The molecule has 0 radical (unpaired) electrons. The van der Waals surface area contributed by atoms with Gasteiger partial charge in [-0.15, -0.1) is 0 Å². The quantitative estimate of drug-likeness (QED) is 0.655. The van der Waals surface area contributed by atoms with Crippen molar-refractivity contribution in [2.45, 2.75) is 37.6 Å². The average molecular weight is 266 g/mol. The molecular weight excluding hydrogens is 252 g/mol. The number of rotatable bonds is 5. The molecule has 2 rings (SSSR count). The minimum atomic E-state index is -0.127. The molecule has 0 saturated carbocycles.